The van der Waals surface area contributed by atoms with Crippen LogP contribution in [0.2, 0.25) is 0 Å². The van der Waals surface area contributed by atoms with E-state index in [4.69, 9.17) is 0 Å². The molecule has 5 heteroatoms. The topological polar surface area (TPSA) is 63.0 Å². The van der Waals surface area contributed by atoms with E-state index in [-0.39, 0.29) is 18.7 Å². The number of aromatic nitrogens is 3. The Bertz CT molecular complexity index is 768. The first-order valence-corrected chi connectivity index (χ1v) is 8.10. The van der Waals surface area contributed by atoms with Crippen molar-refractivity contribution in [2.75, 3.05) is 0 Å². The summed E-state index contributed by atoms with van der Waals surface area (Å²) in [7, 11) is 0. The van der Waals surface area contributed by atoms with Crippen molar-refractivity contribution in [3.05, 3.63) is 77.6 Å². The molecule has 2 aromatic carbocycles. The normalized spacial score (nSPS) is 13.6. The molecule has 0 aliphatic carbocycles. The monoisotopic (exact) mass is 322 g/mol. The Morgan fingerprint density at radius 2 is 1.79 bits per heavy atom. The van der Waals surface area contributed by atoms with Crippen LogP contribution in [0.5, 0.6) is 0 Å². The molecule has 0 fully saturated rings. The smallest absolute Gasteiger partial charge is 0.0697 e. The molecule has 0 spiro atoms. The van der Waals surface area contributed by atoms with Gasteiger partial charge in [-0.2, -0.15) is 0 Å². The highest BCUT2D eigenvalue weighted by molar-refractivity contribution is 5.35. The Hall–Kier alpha value is -2.50. The molecular weight excluding hydrogens is 300 g/mol. The first-order chi connectivity index (χ1) is 11.7. The highest BCUT2D eigenvalue weighted by Crippen LogP contribution is 2.21. The van der Waals surface area contributed by atoms with Crippen molar-refractivity contribution in [2.24, 2.45) is 0 Å². The summed E-state index contributed by atoms with van der Waals surface area (Å²) in [6.07, 6.45) is 3.49. The minimum atomic E-state index is 0.0693. The first-order valence-electron chi connectivity index (χ1n) is 8.10. The molecule has 0 saturated heterocycles. The van der Waals surface area contributed by atoms with E-state index in [9.17, 15) is 5.11 Å². The van der Waals surface area contributed by atoms with Crippen LogP contribution in [0.25, 0.3) is 5.69 Å². The van der Waals surface area contributed by atoms with Gasteiger partial charge in [-0.15, -0.1) is 5.10 Å². The molecule has 2 unspecified atom stereocenters. The summed E-state index contributed by atoms with van der Waals surface area (Å²) in [6.45, 7) is 4.35. The van der Waals surface area contributed by atoms with Crippen LogP contribution < -0.4 is 5.32 Å². The van der Waals surface area contributed by atoms with Gasteiger partial charge in [0, 0.05) is 12.1 Å². The lowest BCUT2D eigenvalue weighted by molar-refractivity contribution is 0.281. The maximum absolute atomic E-state index is 9.28. The number of nitrogens with one attached hydrogen (secondary N) is 1. The third-order valence-corrected chi connectivity index (χ3v) is 4.21. The maximum Gasteiger partial charge on any atom is 0.0697 e. The molecule has 24 heavy (non-hydrogen) atoms. The van der Waals surface area contributed by atoms with Crippen molar-refractivity contribution in [3.63, 3.8) is 0 Å². The Labute approximate surface area is 142 Å². The van der Waals surface area contributed by atoms with Crippen LogP contribution in [-0.4, -0.2) is 20.1 Å². The third kappa shape index (κ3) is 3.69. The molecule has 0 radical (unpaired) electrons. The van der Waals surface area contributed by atoms with Gasteiger partial charge < -0.3 is 10.4 Å². The third-order valence-electron chi connectivity index (χ3n) is 4.21. The van der Waals surface area contributed by atoms with E-state index in [1.807, 2.05) is 36.5 Å². The minimum absolute atomic E-state index is 0.0693. The van der Waals surface area contributed by atoms with Gasteiger partial charge in [-0.3, -0.25) is 0 Å². The van der Waals surface area contributed by atoms with E-state index in [0.717, 1.165) is 11.3 Å². The molecule has 1 heterocycles. The molecule has 2 atom stereocenters. The van der Waals surface area contributed by atoms with Crippen LogP contribution in [0.15, 0.2) is 60.9 Å². The minimum Gasteiger partial charge on any atom is -0.392 e. The molecule has 2 N–H and O–H groups in total. The van der Waals surface area contributed by atoms with Crippen molar-refractivity contribution in [2.45, 2.75) is 32.5 Å². The fraction of sp³-hybridized carbons (Fsp3) is 0.263. The summed E-state index contributed by atoms with van der Waals surface area (Å²) in [4.78, 5) is 0. The molecule has 124 valence electrons. The second-order valence-corrected chi connectivity index (χ2v) is 5.95. The predicted molar refractivity (Wildman–Crippen MR) is 93.7 cm³/mol. The largest absolute Gasteiger partial charge is 0.392 e. The van der Waals surface area contributed by atoms with E-state index in [1.54, 1.807) is 10.9 Å². The zero-order chi connectivity index (χ0) is 16.9. The molecule has 0 bridgehead atoms. The molecule has 1 aromatic heterocycles. The second kappa shape index (κ2) is 7.38. The van der Waals surface area contributed by atoms with Gasteiger partial charge in [-0.25, -0.2) is 4.68 Å². The Morgan fingerprint density at radius 3 is 2.46 bits per heavy atom. The number of hydrogen-bond donors (Lipinski definition) is 2. The lowest BCUT2D eigenvalue weighted by Crippen LogP contribution is -2.22. The first kappa shape index (κ1) is 16.4. The summed E-state index contributed by atoms with van der Waals surface area (Å²) < 4.78 is 1.74. The Kier molecular flexibility index (Phi) is 5.03. The number of aliphatic hydroxyl groups excluding tert-OH is 1. The summed E-state index contributed by atoms with van der Waals surface area (Å²) in [5.74, 6) is 0. The molecule has 0 amide bonds. The summed E-state index contributed by atoms with van der Waals surface area (Å²) >= 11 is 0. The lowest BCUT2D eigenvalue weighted by atomic mass is 10.0. The van der Waals surface area contributed by atoms with Crippen molar-refractivity contribution >= 4 is 0 Å². The van der Waals surface area contributed by atoms with Gasteiger partial charge in [0.1, 0.15) is 0 Å². The van der Waals surface area contributed by atoms with Crippen molar-refractivity contribution in [1.82, 2.24) is 20.3 Å². The van der Waals surface area contributed by atoms with Gasteiger partial charge >= 0.3 is 0 Å². The number of rotatable bonds is 6. The summed E-state index contributed by atoms with van der Waals surface area (Å²) in [5.41, 5.74) is 4.31. The maximum atomic E-state index is 9.28. The molecule has 0 aliphatic rings. The fourth-order valence-corrected chi connectivity index (χ4v) is 2.79. The van der Waals surface area contributed by atoms with Crippen LogP contribution in [0.4, 0.5) is 0 Å². The summed E-state index contributed by atoms with van der Waals surface area (Å²) in [6, 6.07) is 16.7. The van der Waals surface area contributed by atoms with Gasteiger partial charge in [0.25, 0.3) is 0 Å². The predicted octanol–water partition coefficient (Wildman–Crippen LogP) is 3.17. The fourth-order valence-electron chi connectivity index (χ4n) is 2.79. The van der Waals surface area contributed by atoms with Gasteiger partial charge in [0.15, 0.2) is 0 Å². The van der Waals surface area contributed by atoms with Crippen molar-refractivity contribution < 1.29 is 5.11 Å². The summed E-state index contributed by atoms with van der Waals surface area (Å²) in [5, 5.41) is 20.7. The standard InChI is InChI=1S/C19H22N4O/c1-14(21-15(2)18-5-3-4-16(12-18)13-24)17-6-8-19(9-7-17)23-11-10-20-22-23/h3-12,14-15,21,24H,13H2,1-2H3. The Balaban J connectivity index is 1.68. The number of hydrogen-bond acceptors (Lipinski definition) is 4. The van der Waals surface area contributed by atoms with Gasteiger partial charge in [0.2, 0.25) is 0 Å². The van der Waals surface area contributed by atoms with Crippen LogP contribution >= 0.6 is 0 Å². The number of nitrogens with zero attached hydrogens (tertiary/aromatic N) is 3. The zero-order valence-electron chi connectivity index (χ0n) is 13.9. The highest BCUT2D eigenvalue weighted by Gasteiger charge is 2.12. The van der Waals surface area contributed by atoms with Gasteiger partial charge in [-0.05, 0) is 42.7 Å². The number of aliphatic hydroxyl groups is 1. The molecule has 0 aliphatic heterocycles. The molecule has 0 saturated carbocycles. The Morgan fingerprint density at radius 1 is 1.04 bits per heavy atom. The quantitative estimate of drug-likeness (QED) is 0.732. The van der Waals surface area contributed by atoms with Crippen molar-refractivity contribution in [1.29, 1.82) is 0 Å². The van der Waals surface area contributed by atoms with Crippen LogP contribution in [0, 0.1) is 0 Å². The SMILES string of the molecule is CC(NC(C)c1cccc(CO)c1)c1ccc(-n2ccnn2)cc1. The van der Waals surface area contributed by atoms with E-state index >= 15 is 0 Å². The van der Waals surface area contributed by atoms with Crippen molar-refractivity contribution in [3.8, 4) is 5.69 Å². The molecular formula is C19H22N4O. The highest BCUT2D eigenvalue weighted by atomic mass is 16.3. The van der Waals surface area contributed by atoms with E-state index in [2.05, 4.69) is 47.7 Å². The van der Waals surface area contributed by atoms with Crippen LogP contribution in [0.1, 0.15) is 42.6 Å². The number of benzene rings is 2. The van der Waals surface area contributed by atoms with Gasteiger partial charge in [0.05, 0.1) is 24.7 Å². The average molecular weight is 322 g/mol. The van der Waals surface area contributed by atoms with Gasteiger partial charge in [-0.1, -0.05) is 41.6 Å². The zero-order valence-corrected chi connectivity index (χ0v) is 13.9. The molecule has 5 nitrogen and oxygen atoms in total. The molecule has 3 rings (SSSR count). The van der Waals surface area contributed by atoms with E-state index in [0.29, 0.717) is 0 Å². The lowest BCUT2D eigenvalue weighted by Gasteiger charge is -2.21. The van der Waals surface area contributed by atoms with Crippen LogP contribution in [0.3, 0.4) is 0 Å². The van der Waals surface area contributed by atoms with E-state index < -0.39 is 0 Å². The van der Waals surface area contributed by atoms with Crippen LogP contribution in [-0.2, 0) is 6.61 Å². The molecule has 3 aromatic rings. The second-order valence-electron chi connectivity index (χ2n) is 5.95. The average Bonchev–Trinajstić information content (AvgIpc) is 3.16. The van der Waals surface area contributed by atoms with E-state index in [1.165, 1.54) is 11.1 Å².